The number of rotatable bonds is 6. The molecule has 4 heteroatoms. The smallest absolute Gasteiger partial charge is 0.226 e. The van der Waals surface area contributed by atoms with E-state index in [1.807, 2.05) is 6.92 Å². The van der Waals surface area contributed by atoms with Gasteiger partial charge >= 0.3 is 0 Å². The van der Waals surface area contributed by atoms with Crippen LogP contribution in [0.25, 0.3) is 0 Å². The van der Waals surface area contributed by atoms with Gasteiger partial charge in [-0.2, -0.15) is 0 Å². The van der Waals surface area contributed by atoms with Crippen LogP contribution in [0.4, 0.5) is 0 Å². The van der Waals surface area contributed by atoms with E-state index in [1.54, 1.807) is 0 Å². The second kappa shape index (κ2) is 6.36. The summed E-state index contributed by atoms with van der Waals surface area (Å²) in [5, 5.41) is 2.93. The van der Waals surface area contributed by atoms with Crippen LogP contribution in [0.3, 0.4) is 0 Å². The number of amides is 1. The van der Waals surface area contributed by atoms with Gasteiger partial charge in [0.15, 0.2) is 0 Å². The minimum absolute atomic E-state index is 0.0220. The molecular weight excluding hydrogens is 293 g/mol. The molecule has 0 bridgehead atoms. The Bertz CT molecular complexity index is 487. The second-order valence-electron chi connectivity index (χ2n) is 5.46. The van der Waals surface area contributed by atoms with Crippen LogP contribution in [-0.4, -0.2) is 16.8 Å². The van der Waals surface area contributed by atoms with Crippen LogP contribution < -0.4 is 5.32 Å². The Hall–Kier alpha value is -0.730. The summed E-state index contributed by atoms with van der Waals surface area (Å²) in [5.41, 5.74) is 2.75. The predicted octanol–water partition coefficient (Wildman–Crippen LogP) is 3.74. The first-order chi connectivity index (χ1) is 9.48. The molecule has 1 N–H and O–H groups in total. The molecule has 1 aliphatic rings. The van der Waals surface area contributed by atoms with E-state index in [9.17, 15) is 4.79 Å². The van der Waals surface area contributed by atoms with Crippen LogP contribution in [0.5, 0.6) is 0 Å². The summed E-state index contributed by atoms with van der Waals surface area (Å²) < 4.78 is -0.862. The fourth-order valence-electron chi connectivity index (χ4n) is 2.63. The van der Waals surface area contributed by atoms with Crippen LogP contribution >= 0.6 is 23.2 Å². The molecule has 0 aromatic heterocycles. The standard InChI is InChI=1S/C16H21Cl2NO/c1-3-12-7-4-5-8-13(12)9-6-10-19-15(20)14-11(2)16(14,17)18/h4-5,7-8,11,14H,3,6,9-10H2,1-2H3,(H,19,20)/t11-,14-/m1/s1. The number of halogens is 2. The Balaban J connectivity index is 1.73. The Labute approximate surface area is 130 Å². The molecular formula is C16H21Cl2NO. The lowest BCUT2D eigenvalue weighted by molar-refractivity contribution is -0.122. The number of hydrogen-bond acceptors (Lipinski definition) is 1. The van der Waals surface area contributed by atoms with E-state index < -0.39 is 4.33 Å². The molecule has 1 saturated carbocycles. The van der Waals surface area contributed by atoms with E-state index in [4.69, 9.17) is 23.2 Å². The normalized spacial score (nSPS) is 23.4. The average Bonchev–Trinajstić information content (AvgIpc) is 2.93. The van der Waals surface area contributed by atoms with Gasteiger partial charge in [0.25, 0.3) is 0 Å². The molecule has 20 heavy (non-hydrogen) atoms. The zero-order valence-corrected chi connectivity index (χ0v) is 13.5. The number of carbonyl (C=O) groups is 1. The average molecular weight is 314 g/mol. The zero-order valence-electron chi connectivity index (χ0n) is 12.0. The maximum atomic E-state index is 11.9. The van der Waals surface area contributed by atoms with E-state index in [-0.39, 0.29) is 17.7 Å². The number of hydrogen-bond donors (Lipinski definition) is 1. The van der Waals surface area contributed by atoms with E-state index in [2.05, 4.69) is 36.5 Å². The molecule has 2 nitrogen and oxygen atoms in total. The summed E-state index contributed by atoms with van der Waals surface area (Å²) in [6, 6.07) is 8.45. The van der Waals surface area contributed by atoms with Crippen LogP contribution in [0.2, 0.25) is 0 Å². The van der Waals surface area contributed by atoms with Crippen molar-refractivity contribution in [3.63, 3.8) is 0 Å². The van der Waals surface area contributed by atoms with Gasteiger partial charge in [-0.05, 0) is 30.4 Å². The van der Waals surface area contributed by atoms with Crippen molar-refractivity contribution in [2.75, 3.05) is 6.54 Å². The van der Waals surface area contributed by atoms with Crippen molar-refractivity contribution in [3.8, 4) is 0 Å². The monoisotopic (exact) mass is 313 g/mol. The third-order valence-electron chi connectivity index (χ3n) is 4.12. The van der Waals surface area contributed by atoms with E-state index in [1.165, 1.54) is 11.1 Å². The topological polar surface area (TPSA) is 29.1 Å². The fraction of sp³-hybridized carbons (Fsp3) is 0.562. The number of aryl methyl sites for hydroxylation is 2. The van der Waals surface area contributed by atoms with Crippen LogP contribution in [-0.2, 0) is 17.6 Å². The number of alkyl halides is 2. The van der Waals surface area contributed by atoms with Crippen LogP contribution in [0, 0.1) is 11.8 Å². The maximum absolute atomic E-state index is 11.9. The van der Waals surface area contributed by atoms with Gasteiger partial charge in [0.2, 0.25) is 5.91 Å². The molecule has 1 fully saturated rings. The molecule has 1 aromatic carbocycles. The molecule has 0 radical (unpaired) electrons. The Kier molecular flexibility index (Phi) is 4.98. The summed E-state index contributed by atoms with van der Waals surface area (Å²) in [7, 11) is 0. The van der Waals surface area contributed by atoms with E-state index in [0.29, 0.717) is 6.54 Å². The highest BCUT2D eigenvalue weighted by molar-refractivity contribution is 6.52. The molecule has 0 unspecified atom stereocenters. The second-order valence-corrected chi connectivity index (χ2v) is 6.90. The van der Waals surface area contributed by atoms with E-state index in [0.717, 1.165) is 19.3 Å². The molecule has 2 atom stereocenters. The largest absolute Gasteiger partial charge is 0.356 e. The predicted molar refractivity (Wildman–Crippen MR) is 84.2 cm³/mol. The molecule has 0 saturated heterocycles. The quantitative estimate of drug-likeness (QED) is 0.629. The van der Waals surface area contributed by atoms with Gasteiger partial charge < -0.3 is 5.32 Å². The maximum Gasteiger partial charge on any atom is 0.226 e. The lowest BCUT2D eigenvalue weighted by Gasteiger charge is -2.08. The van der Waals surface area contributed by atoms with Crippen LogP contribution in [0.15, 0.2) is 24.3 Å². The number of nitrogens with one attached hydrogen (secondary N) is 1. The Morgan fingerprint density at radius 2 is 1.90 bits per heavy atom. The molecule has 1 aliphatic carbocycles. The molecule has 0 spiro atoms. The summed E-state index contributed by atoms with van der Waals surface area (Å²) in [6.45, 7) is 4.74. The van der Waals surface area contributed by atoms with Gasteiger partial charge in [-0.15, -0.1) is 23.2 Å². The van der Waals surface area contributed by atoms with E-state index >= 15 is 0 Å². The Morgan fingerprint density at radius 1 is 1.30 bits per heavy atom. The first kappa shape index (κ1) is 15.7. The van der Waals surface area contributed by atoms with Crippen molar-refractivity contribution >= 4 is 29.1 Å². The molecule has 0 aliphatic heterocycles. The highest BCUT2D eigenvalue weighted by Gasteiger charge is 2.64. The third-order valence-corrected chi connectivity index (χ3v) is 5.28. The molecule has 110 valence electrons. The number of benzene rings is 1. The third kappa shape index (κ3) is 3.29. The molecule has 2 rings (SSSR count). The lowest BCUT2D eigenvalue weighted by atomic mass is 10.0. The summed E-state index contributed by atoms with van der Waals surface area (Å²) in [5.74, 6) is -0.230. The first-order valence-electron chi connectivity index (χ1n) is 7.20. The molecule has 1 aromatic rings. The summed E-state index contributed by atoms with van der Waals surface area (Å²) in [4.78, 5) is 11.9. The number of carbonyl (C=O) groups excluding carboxylic acids is 1. The minimum atomic E-state index is -0.862. The van der Waals surface area contributed by atoms with Gasteiger partial charge in [0, 0.05) is 12.5 Å². The molecule has 0 heterocycles. The van der Waals surface area contributed by atoms with Crippen LogP contribution in [0.1, 0.15) is 31.4 Å². The van der Waals surface area contributed by atoms with Crippen molar-refractivity contribution in [1.29, 1.82) is 0 Å². The lowest BCUT2D eigenvalue weighted by Crippen LogP contribution is -2.28. The zero-order chi connectivity index (χ0) is 14.8. The van der Waals surface area contributed by atoms with Gasteiger partial charge in [-0.25, -0.2) is 0 Å². The van der Waals surface area contributed by atoms with Crippen molar-refractivity contribution < 1.29 is 4.79 Å². The Morgan fingerprint density at radius 3 is 2.45 bits per heavy atom. The minimum Gasteiger partial charge on any atom is -0.356 e. The summed E-state index contributed by atoms with van der Waals surface area (Å²) >= 11 is 12.0. The van der Waals surface area contributed by atoms with Crippen molar-refractivity contribution in [3.05, 3.63) is 35.4 Å². The van der Waals surface area contributed by atoms with Gasteiger partial charge in [-0.3, -0.25) is 4.79 Å². The van der Waals surface area contributed by atoms with Crippen molar-refractivity contribution in [1.82, 2.24) is 5.32 Å². The van der Waals surface area contributed by atoms with Crippen molar-refractivity contribution in [2.45, 2.75) is 37.4 Å². The molecule has 1 amide bonds. The van der Waals surface area contributed by atoms with Gasteiger partial charge in [-0.1, -0.05) is 38.1 Å². The SMILES string of the molecule is CCc1ccccc1CCCNC(=O)[C@H]1[C@@H](C)C1(Cl)Cl. The van der Waals surface area contributed by atoms with Crippen molar-refractivity contribution in [2.24, 2.45) is 11.8 Å². The summed E-state index contributed by atoms with van der Waals surface area (Å²) in [6.07, 6.45) is 2.96. The van der Waals surface area contributed by atoms with Gasteiger partial charge in [0.05, 0.1) is 5.92 Å². The van der Waals surface area contributed by atoms with Gasteiger partial charge in [0.1, 0.15) is 4.33 Å². The highest BCUT2D eigenvalue weighted by atomic mass is 35.5. The first-order valence-corrected chi connectivity index (χ1v) is 7.96. The highest BCUT2D eigenvalue weighted by Crippen LogP contribution is 2.58. The fourth-order valence-corrected chi connectivity index (χ4v) is 3.33.